The summed E-state index contributed by atoms with van der Waals surface area (Å²) in [6, 6.07) is 17.5. The van der Waals surface area contributed by atoms with Crippen LogP contribution in [0.25, 0.3) is 6.08 Å². The standard InChI is InChI=1S/C27H19Cl3N2O3S/c1-3-13-35-25-22(30)14-17(15-23(25)34-4-2)16-24-26(33)32(21-11-7-19(29)8-12-21)27(36-24)31-20-9-5-18(28)6-10-20/h1,5-12,14-16H,4,13H2,2H3/b24-16-,31-27?. The van der Waals surface area contributed by atoms with Gasteiger partial charge in [0.15, 0.2) is 16.7 Å². The van der Waals surface area contributed by atoms with Crippen LogP contribution in [0.15, 0.2) is 70.6 Å². The SMILES string of the molecule is C#CCOc1c(Cl)cc(/C=C2\SC(=Nc3ccc(Cl)cc3)N(c3ccc(Cl)cc3)C2=O)cc1OCC. The summed E-state index contributed by atoms with van der Waals surface area (Å²) in [7, 11) is 0. The van der Waals surface area contributed by atoms with Crippen LogP contribution < -0.4 is 14.4 Å². The van der Waals surface area contributed by atoms with Crippen molar-refractivity contribution >= 4 is 75.1 Å². The summed E-state index contributed by atoms with van der Waals surface area (Å²) in [4.78, 5) is 20.2. The van der Waals surface area contributed by atoms with Crippen molar-refractivity contribution in [2.75, 3.05) is 18.1 Å². The molecule has 0 N–H and O–H groups in total. The molecule has 3 aromatic rings. The van der Waals surface area contributed by atoms with E-state index in [0.717, 1.165) is 0 Å². The van der Waals surface area contributed by atoms with Gasteiger partial charge in [-0.3, -0.25) is 9.69 Å². The number of amides is 1. The van der Waals surface area contributed by atoms with Gasteiger partial charge in [0.2, 0.25) is 0 Å². The first kappa shape index (κ1) is 26.0. The first-order chi connectivity index (χ1) is 17.4. The van der Waals surface area contributed by atoms with Crippen LogP contribution in [0.5, 0.6) is 11.5 Å². The summed E-state index contributed by atoms with van der Waals surface area (Å²) in [5, 5.41) is 1.97. The van der Waals surface area contributed by atoms with Crippen LogP contribution in [0.1, 0.15) is 12.5 Å². The van der Waals surface area contributed by atoms with Crippen molar-refractivity contribution in [3.63, 3.8) is 0 Å². The first-order valence-electron chi connectivity index (χ1n) is 10.8. The molecule has 1 aliphatic rings. The monoisotopic (exact) mass is 556 g/mol. The molecule has 0 bridgehead atoms. The Bertz CT molecular complexity index is 1380. The summed E-state index contributed by atoms with van der Waals surface area (Å²) < 4.78 is 11.3. The summed E-state index contributed by atoms with van der Waals surface area (Å²) in [5.74, 6) is 2.97. The molecular formula is C27H19Cl3N2O3S. The molecule has 1 amide bonds. The Morgan fingerprint density at radius 3 is 2.33 bits per heavy atom. The van der Waals surface area contributed by atoms with Crippen molar-refractivity contribution in [1.29, 1.82) is 0 Å². The zero-order chi connectivity index (χ0) is 25.7. The van der Waals surface area contributed by atoms with Crippen LogP contribution in [0, 0.1) is 12.3 Å². The van der Waals surface area contributed by atoms with Gasteiger partial charge in [-0.25, -0.2) is 4.99 Å². The zero-order valence-corrected chi connectivity index (χ0v) is 22.1. The fourth-order valence-corrected chi connectivity index (χ4v) is 4.86. The maximum absolute atomic E-state index is 13.5. The maximum atomic E-state index is 13.5. The van der Waals surface area contributed by atoms with Crippen LogP contribution in [-0.4, -0.2) is 24.3 Å². The highest BCUT2D eigenvalue weighted by Crippen LogP contribution is 2.41. The Balaban J connectivity index is 1.75. The fraction of sp³-hybridized carbons (Fsp3) is 0.111. The smallest absolute Gasteiger partial charge is 0.271 e. The molecule has 0 unspecified atom stereocenters. The number of thioether (sulfide) groups is 1. The number of carbonyl (C=O) groups excluding carboxylic acids is 1. The lowest BCUT2D eigenvalue weighted by atomic mass is 10.1. The number of amidine groups is 1. The van der Waals surface area contributed by atoms with Gasteiger partial charge in [0.1, 0.15) is 6.61 Å². The Morgan fingerprint density at radius 1 is 1.03 bits per heavy atom. The van der Waals surface area contributed by atoms with Crippen LogP contribution >= 0.6 is 46.6 Å². The lowest BCUT2D eigenvalue weighted by molar-refractivity contribution is -0.113. The molecule has 1 aliphatic heterocycles. The average molecular weight is 558 g/mol. The minimum absolute atomic E-state index is 0.0507. The van der Waals surface area contributed by atoms with Gasteiger partial charge < -0.3 is 9.47 Å². The van der Waals surface area contributed by atoms with Crippen LogP contribution in [0.3, 0.4) is 0 Å². The summed E-state index contributed by atoms with van der Waals surface area (Å²) in [5.41, 5.74) is 1.96. The predicted molar refractivity (Wildman–Crippen MR) is 150 cm³/mol. The molecule has 0 saturated carbocycles. The van der Waals surface area contributed by atoms with Gasteiger partial charge in [-0.2, -0.15) is 0 Å². The molecule has 5 nitrogen and oxygen atoms in total. The van der Waals surface area contributed by atoms with Crippen LogP contribution in [0.2, 0.25) is 15.1 Å². The first-order valence-corrected chi connectivity index (χ1v) is 12.7. The molecule has 1 fully saturated rings. The number of ether oxygens (including phenoxy) is 2. The minimum atomic E-state index is -0.239. The number of aliphatic imine (C=N–C) groups is 1. The van der Waals surface area contributed by atoms with Gasteiger partial charge in [-0.1, -0.05) is 40.7 Å². The number of benzene rings is 3. The van der Waals surface area contributed by atoms with E-state index in [0.29, 0.717) is 60.2 Å². The van der Waals surface area contributed by atoms with E-state index >= 15 is 0 Å². The lowest BCUT2D eigenvalue weighted by Crippen LogP contribution is -2.28. The molecule has 0 aliphatic carbocycles. The van der Waals surface area contributed by atoms with Crippen molar-refractivity contribution in [3.8, 4) is 23.8 Å². The number of hydrogen-bond acceptors (Lipinski definition) is 5. The van der Waals surface area contributed by atoms with Crippen molar-refractivity contribution in [3.05, 3.63) is 86.2 Å². The van der Waals surface area contributed by atoms with E-state index in [9.17, 15) is 4.79 Å². The molecule has 1 saturated heterocycles. The Morgan fingerprint density at radius 2 is 1.69 bits per heavy atom. The number of rotatable bonds is 7. The van der Waals surface area contributed by atoms with Crippen molar-refractivity contribution < 1.29 is 14.3 Å². The molecule has 1 heterocycles. The van der Waals surface area contributed by atoms with Crippen LogP contribution in [-0.2, 0) is 4.79 Å². The molecule has 9 heteroatoms. The molecule has 36 heavy (non-hydrogen) atoms. The van der Waals surface area contributed by atoms with Crippen LogP contribution in [0.4, 0.5) is 11.4 Å². The highest BCUT2D eigenvalue weighted by Gasteiger charge is 2.35. The van der Waals surface area contributed by atoms with Gasteiger partial charge in [0.25, 0.3) is 5.91 Å². The Kier molecular flexibility index (Phi) is 8.50. The molecule has 4 rings (SSSR count). The summed E-state index contributed by atoms with van der Waals surface area (Å²) in [6.07, 6.45) is 7.05. The normalized spacial score (nSPS) is 15.4. The minimum Gasteiger partial charge on any atom is -0.490 e. The number of anilines is 1. The van der Waals surface area contributed by atoms with Gasteiger partial charge in [-0.05, 0) is 91.0 Å². The Hall–Kier alpha value is -3.08. The number of terminal acetylenes is 1. The average Bonchev–Trinajstić information content (AvgIpc) is 3.15. The molecule has 0 radical (unpaired) electrons. The molecule has 0 atom stereocenters. The third kappa shape index (κ3) is 6.00. The van der Waals surface area contributed by atoms with Gasteiger partial charge in [-0.15, -0.1) is 6.42 Å². The van der Waals surface area contributed by atoms with Crippen molar-refractivity contribution in [1.82, 2.24) is 0 Å². The third-order valence-electron chi connectivity index (χ3n) is 4.87. The number of nitrogens with zero attached hydrogens (tertiary/aromatic N) is 2. The second-order valence-electron chi connectivity index (χ2n) is 7.35. The van der Waals surface area contributed by atoms with E-state index in [-0.39, 0.29) is 12.5 Å². The van der Waals surface area contributed by atoms with Crippen molar-refractivity contribution in [2.45, 2.75) is 6.92 Å². The zero-order valence-electron chi connectivity index (χ0n) is 19.0. The lowest BCUT2D eigenvalue weighted by Gasteiger charge is -2.15. The van der Waals surface area contributed by atoms with Gasteiger partial charge in [0, 0.05) is 10.0 Å². The Labute approximate surface area is 228 Å². The fourth-order valence-electron chi connectivity index (χ4n) is 3.33. The topological polar surface area (TPSA) is 51.1 Å². The molecule has 0 spiro atoms. The summed E-state index contributed by atoms with van der Waals surface area (Å²) in [6.45, 7) is 2.30. The second-order valence-corrected chi connectivity index (χ2v) is 9.64. The highest BCUT2D eigenvalue weighted by molar-refractivity contribution is 8.19. The van der Waals surface area contributed by atoms with Crippen molar-refractivity contribution in [2.24, 2.45) is 4.99 Å². The molecule has 3 aromatic carbocycles. The number of hydrogen-bond donors (Lipinski definition) is 0. The van der Waals surface area contributed by atoms with E-state index in [2.05, 4.69) is 5.92 Å². The van der Waals surface area contributed by atoms with E-state index in [1.165, 1.54) is 16.7 Å². The van der Waals surface area contributed by atoms with E-state index in [4.69, 9.17) is 55.7 Å². The third-order valence-corrected chi connectivity index (χ3v) is 6.63. The highest BCUT2D eigenvalue weighted by atomic mass is 35.5. The van der Waals surface area contributed by atoms with Gasteiger partial charge in [0.05, 0.1) is 27.9 Å². The largest absolute Gasteiger partial charge is 0.490 e. The van der Waals surface area contributed by atoms with E-state index in [1.807, 2.05) is 6.92 Å². The molecular weight excluding hydrogens is 539 g/mol. The number of halogens is 3. The maximum Gasteiger partial charge on any atom is 0.271 e. The predicted octanol–water partition coefficient (Wildman–Crippen LogP) is 7.87. The van der Waals surface area contributed by atoms with E-state index in [1.54, 1.807) is 66.7 Å². The quantitative estimate of drug-likeness (QED) is 0.219. The van der Waals surface area contributed by atoms with E-state index < -0.39 is 0 Å². The summed E-state index contributed by atoms with van der Waals surface area (Å²) >= 11 is 19.8. The second kappa shape index (κ2) is 11.8. The number of carbonyl (C=O) groups is 1. The molecule has 182 valence electrons. The molecule has 0 aromatic heterocycles. The van der Waals surface area contributed by atoms with Gasteiger partial charge >= 0.3 is 0 Å².